The predicted octanol–water partition coefficient (Wildman–Crippen LogP) is 1.81. The van der Waals surface area contributed by atoms with Crippen molar-refractivity contribution in [3.8, 4) is 0 Å². The average Bonchev–Trinajstić information content (AvgIpc) is 2.39. The monoisotopic (exact) mass is 214 g/mol. The Morgan fingerprint density at radius 1 is 1.00 bits per heavy atom. The molecule has 0 saturated heterocycles. The molecule has 0 spiro atoms. The van der Waals surface area contributed by atoms with Crippen LogP contribution in [0.4, 0.5) is 0 Å². The van der Waals surface area contributed by atoms with E-state index < -0.39 is 12.1 Å². The van der Waals surface area contributed by atoms with Crippen LogP contribution < -0.4 is 5.73 Å². The number of nitrogens with zero attached hydrogens (tertiary/aromatic N) is 1. The van der Waals surface area contributed by atoms with E-state index in [1.807, 2.05) is 48.5 Å². The topological polar surface area (TPSA) is 59.1 Å². The van der Waals surface area contributed by atoms with Crippen LogP contribution in [-0.4, -0.2) is 10.1 Å². The average molecular weight is 214 g/mol. The fourth-order valence-corrected chi connectivity index (χ4v) is 1.59. The predicted molar refractivity (Wildman–Crippen MR) is 62.6 cm³/mol. The maximum atomic E-state index is 10.1. The normalized spacial score (nSPS) is 14.4. The maximum absolute atomic E-state index is 10.1. The van der Waals surface area contributed by atoms with Crippen molar-refractivity contribution in [3.63, 3.8) is 0 Å². The number of aliphatic hydroxyl groups excluding tert-OH is 1. The van der Waals surface area contributed by atoms with E-state index in [0.717, 1.165) is 5.56 Å². The van der Waals surface area contributed by atoms with Gasteiger partial charge < -0.3 is 10.8 Å². The quantitative estimate of drug-likeness (QED) is 0.819. The maximum Gasteiger partial charge on any atom is 0.0998 e. The molecule has 0 bridgehead atoms. The summed E-state index contributed by atoms with van der Waals surface area (Å²) in [6.07, 6.45) is 0.948. The molecule has 3 N–H and O–H groups in total. The van der Waals surface area contributed by atoms with Crippen molar-refractivity contribution < 1.29 is 5.11 Å². The number of hydrogen-bond donors (Lipinski definition) is 2. The molecule has 0 saturated carbocycles. The van der Waals surface area contributed by atoms with Gasteiger partial charge in [0.25, 0.3) is 0 Å². The van der Waals surface area contributed by atoms with Gasteiger partial charge in [0.1, 0.15) is 0 Å². The van der Waals surface area contributed by atoms with Gasteiger partial charge >= 0.3 is 0 Å². The van der Waals surface area contributed by atoms with Gasteiger partial charge in [0, 0.05) is 6.20 Å². The number of hydrogen-bond acceptors (Lipinski definition) is 3. The van der Waals surface area contributed by atoms with Crippen LogP contribution in [0.15, 0.2) is 54.7 Å². The number of benzene rings is 1. The second kappa shape index (κ2) is 4.88. The van der Waals surface area contributed by atoms with E-state index in [0.29, 0.717) is 5.69 Å². The summed E-state index contributed by atoms with van der Waals surface area (Å²) in [7, 11) is 0. The molecule has 0 radical (unpaired) electrons. The van der Waals surface area contributed by atoms with Crippen molar-refractivity contribution >= 4 is 0 Å². The van der Waals surface area contributed by atoms with Gasteiger partial charge in [-0.2, -0.15) is 0 Å². The van der Waals surface area contributed by atoms with Crippen LogP contribution in [0.2, 0.25) is 0 Å². The summed E-state index contributed by atoms with van der Waals surface area (Å²) in [6.45, 7) is 0. The molecule has 16 heavy (non-hydrogen) atoms. The van der Waals surface area contributed by atoms with Gasteiger partial charge in [-0.05, 0) is 17.7 Å². The highest BCUT2D eigenvalue weighted by atomic mass is 16.3. The van der Waals surface area contributed by atoms with E-state index in [1.54, 1.807) is 6.20 Å². The van der Waals surface area contributed by atoms with Crippen LogP contribution >= 0.6 is 0 Å². The van der Waals surface area contributed by atoms with Gasteiger partial charge in [-0.3, -0.25) is 4.98 Å². The van der Waals surface area contributed by atoms with Crippen molar-refractivity contribution in [1.29, 1.82) is 0 Å². The van der Waals surface area contributed by atoms with Crippen LogP contribution in [0.25, 0.3) is 0 Å². The van der Waals surface area contributed by atoms with Crippen LogP contribution in [0.3, 0.4) is 0 Å². The number of aromatic nitrogens is 1. The van der Waals surface area contributed by atoms with Gasteiger partial charge in [0.05, 0.1) is 17.8 Å². The summed E-state index contributed by atoms with van der Waals surface area (Å²) in [5.74, 6) is 0. The lowest BCUT2D eigenvalue weighted by Crippen LogP contribution is -2.20. The van der Waals surface area contributed by atoms with Crippen molar-refractivity contribution in [1.82, 2.24) is 4.98 Å². The molecule has 0 amide bonds. The van der Waals surface area contributed by atoms with Gasteiger partial charge in [-0.25, -0.2) is 0 Å². The van der Waals surface area contributed by atoms with E-state index in [1.165, 1.54) is 0 Å². The molecular formula is C13H14N2O. The molecule has 82 valence electrons. The summed E-state index contributed by atoms with van der Waals surface area (Å²) < 4.78 is 0. The lowest BCUT2D eigenvalue weighted by molar-refractivity contribution is 0.145. The number of rotatable bonds is 3. The Balaban J connectivity index is 2.20. The van der Waals surface area contributed by atoms with Gasteiger partial charge in [0.2, 0.25) is 0 Å². The Hall–Kier alpha value is -1.71. The second-order valence-corrected chi connectivity index (χ2v) is 3.64. The van der Waals surface area contributed by atoms with E-state index >= 15 is 0 Å². The Labute approximate surface area is 94.6 Å². The van der Waals surface area contributed by atoms with E-state index in [4.69, 9.17) is 5.73 Å². The lowest BCUT2D eigenvalue weighted by atomic mass is 10.0. The SMILES string of the molecule is N[C@@H](c1ccccn1)[C@H](O)c1ccccc1. The Morgan fingerprint density at radius 3 is 2.31 bits per heavy atom. The smallest absolute Gasteiger partial charge is 0.0998 e. The Morgan fingerprint density at radius 2 is 1.69 bits per heavy atom. The number of pyridine rings is 1. The number of aliphatic hydroxyl groups is 1. The molecule has 2 aromatic rings. The van der Waals surface area contributed by atoms with Gasteiger partial charge in [-0.15, -0.1) is 0 Å². The minimum Gasteiger partial charge on any atom is -0.386 e. The van der Waals surface area contributed by atoms with E-state index in [-0.39, 0.29) is 0 Å². The first-order valence-corrected chi connectivity index (χ1v) is 5.18. The molecule has 0 aliphatic rings. The summed E-state index contributed by atoms with van der Waals surface area (Å²) >= 11 is 0. The molecule has 0 unspecified atom stereocenters. The fraction of sp³-hybridized carbons (Fsp3) is 0.154. The first-order valence-electron chi connectivity index (χ1n) is 5.18. The summed E-state index contributed by atoms with van der Waals surface area (Å²) in [5, 5.41) is 10.1. The highest BCUT2D eigenvalue weighted by Crippen LogP contribution is 2.24. The zero-order chi connectivity index (χ0) is 11.4. The largest absolute Gasteiger partial charge is 0.386 e. The molecule has 1 heterocycles. The molecule has 2 rings (SSSR count). The molecule has 3 heteroatoms. The molecule has 0 fully saturated rings. The first kappa shape index (κ1) is 10.8. The van der Waals surface area contributed by atoms with E-state index in [2.05, 4.69) is 4.98 Å². The van der Waals surface area contributed by atoms with Crippen LogP contribution in [0.5, 0.6) is 0 Å². The van der Waals surface area contributed by atoms with Crippen molar-refractivity contribution in [2.75, 3.05) is 0 Å². The standard InChI is InChI=1S/C13H14N2O/c14-12(11-8-4-5-9-15-11)13(16)10-6-2-1-3-7-10/h1-9,12-13,16H,14H2/t12-,13+/m0/s1. The molecule has 3 nitrogen and oxygen atoms in total. The minimum absolute atomic E-state index is 0.497. The van der Waals surface area contributed by atoms with Crippen LogP contribution in [-0.2, 0) is 0 Å². The third kappa shape index (κ3) is 2.27. The molecule has 0 aliphatic heterocycles. The summed E-state index contributed by atoms with van der Waals surface area (Å²) in [6, 6.07) is 14.4. The van der Waals surface area contributed by atoms with Crippen LogP contribution in [0, 0.1) is 0 Å². The lowest BCUT2D eigenvalue weighted by Gasteiger charge is -2.18. The summed E-state index contributed by atoms with van der Waals surface area (Å²) in [5.41, 5.74) is 7.46. The second-order valence-electron chi connectivity index (χ2n) is 3.64. The van der Waals surface area contributed by atoms with Crippen molar-refractivity contribution in [2.24, 2.45) is 5.73 Å². The first-order chi connectivity index (χ1) is 7.79. The zero-order valence-corrected chi connectivity index (χ0v) is 8.82. The van der Waals surface area contributed by atoms with Crippen LogP contribution in [0.1, 0.15) is 23.4 Å². The fourth-order valence-electron chi connectivity index (χ4n) is 1.59. The highest BCUT2D eigenvalue weighted by Gasteiger charge is 2.18. The molecular weight excluding hydrogens is 200 g/mol. The number of nitrogens with two attached hydrogens (primary N) is 1. The molecule has 0 aliphatic carbocycles. The third-order valence-corrected chi connectivity index (χ3v) is 2.51. The van der Waals surface area contributed by atoms with Crippen molar-refractivity contribution in [2.45, 2.75) is 12.1 Å². The molecule has 2 atom stereocenters. The molecule has 1 aromatic carbocycles. The van der Waals surface area contributed by atoms with Gasteiger partial charge in [0.15, 0.2) is 0 Å². The van der Waals surface area contributed by atoms with Gasteiger partial charge in [-0.1, -0.05) is 36.4 Å². The highest BCUT2D eigenvalue weighted by molar-refractivity contribution is 5.21. The molecule has 1 aromatic heterocycles. The zero-order valence-electron chi connectivity index (χ0n) is 8.82. The minimum atomic E-state index is -0.726. The van der Waals surface area contributed by atoms with Crippen molar-refractivity contribution in [3.05, 3.63) is 66.0 Å². The van der Waals surface area contributed by atoms with E-state index in [9.17, 15) is 5.11 Å². The Bertz CT molecular complexity index is 387. The third-order valence-electron chi connectivity index (χ3n) is 2.51. The Kier molecular flexibility index (Phi) is 3.29. The summed E-state index contributed by atoms with van der Waals surface area (Å²) in [4.78, 5) is 4.14.